The molecule has 1 amide bonds. The van der Waals surface area contributed by atoms with Crippen LogP contribution >= 0.6 is 47.0 Å². The minimum Gasteiger partial charge on any atom is -0.497 e. The van der Waals surface area contributed by atoms with Crippen molar-refractivity contribution in [3.8, 4) is 5.75 Å². The molecule has 7 nitrogen and oxygen atoms in total. The van der Waals surface area contributed by atoms with E-state index in [1.807, 2.05) is 0 Å². The second-order valence-corrected chi connectivity index (χ2v) is 9.21. The Morgan fingerprint density at radius 1 is 1.06 bits per heavy atom. The molecule has 0 fully saturated rings. The first kappa shape index (κ1) is 26.0. The first-order valence-corrected chi connectivity index (χ1v) is 11.0. The number of ether oxygens (including phenoxy) is 2. The van der Waals surface area contributed by atoms with Crippen LogP contribution in [0.15, 0.2) is 48.5 Å². The number of carbonyl (C=O) groups excluding carboxylic acids is 2. The van der Waals surface area contributed by atoms with Crippen LogP contribution in [0.5, 0.6) is 5.75 Å². The maximum absolute atomic E-state index is 12.5. The van der Waals surface area contributed by atoms with Crippen molar-refractivity contribution in [1.29, 1.82) is 0 Å². The number of carbonyl (C=O) groups is 2. The highest BCUT2D eigenvalue weighted by atomic mass is 35.6. The third kappa shape index (κ3) is 8.02. The summed E-state index contributed by atoms with van der Waals surface area (Å²) in [5, 5.41) is 8.27. The fourth-order valence-corrected chi connectivity index (χ4v) is 3.16. The number of halogens is 3. The highest BCUT2D eigenvalue weighted by Crippen LogP contribution is 2.29. The van der Waals surface area contributed by atoms with Gasteiger partial charge in [0.15, 0.2) is 5.11 Å². The summed E-state index contributed by atoms with van der Waals surface area (Å²) in [6.45, 7) is 1.94. The Hall–Kier alpha value is -2.26. The van der Waals surface area contributed by atoms with Gasteiger partial charge in [0, 0.05) is 0 Å². The van der Waals surface area contributed by atoms with Crippen LogP contribution in [0.25, 0.3) is 0 Å². The predicted octanol–water partition coefficient (Wildman–Crippen LogP) is 4.21. The molecule has 11 heteroatoms. The third-order valence-corrected chi connectivity index (χ3v) is 4.98. The number of para-hydroxylation sites is 1. The fourth-order valence-electron chi connectivity index (χ4n) is 2.61. The van der Waals surface area contributed by atoms with Gasteiger partial charge in [-0.05, 0) is 49.0 Å². The van der Waals surface area contributed by atoms with Gasteiger partial charge in [0.2, 0.25) is 9.70 Å². The van der Waals surface area contributed by atoms with Gasteiger partial charge in [-0.15, -0.1) is 0 Å². The van der Waals surface area contributed by atoms with Crippen molar-refractivity contribution in [2.75, 3.05) is 19.0 Å². The molecule has 32 heavy (non-hydrogen) atoms. The predicted molar refractivity (Wildman–Crippen MR) is 131 cm³/mol. The topological polar surface area (TPSA) is 88.7 Å². The molecular formula is C21H22Cl3N3O4S. The third-order valence-electron chi connectivity index (χ3n) is 4.10. The van der Waals surface area contributed by atoms with Gasteiger partial charge in [0.05, 0.1) is 31.4 Å². The fraction of sp³-hybridized carbons (Fsp3) is 0.286. The normalized spacial score (nSPS) is 11.8. The second-order valence-electron chi connectivity index (χ2n) is 6.43. The SMILES string of the molecule is CCOC(=O)c1ccccc1NC(=S)NC(NC(=O)Cc1ccc(OC)cc1)C(Cl)(Cl)Cl. The van der Waals surface area contributed by atoms with Crippen LogP contribution in [0.1, 0.15) is 22.8 Å². The van der Waals surface area contributed by atoms with E-state index in [0.29, 0.717) is 11.4 Å². The van der Waals surface area contributed by atoms with Crippen molar-refractivity contribution in [1.82, 2.24) is 10.6 Å². The van der Waals surface area contributed by atoms with Crippen LogP contribution in [0.2, 0.25) is 0 Å². The highest BCUT2D eigenvalue weighted by molar-refractivity contribution is 7.80. The van der Waals surface area contributed by atoms with E-state index in [1.54, 1.807) is 62.6 Å². The van der Waals surface area contributed by atoms with Gasteiger partial charge >= 0.3 is 5.97 Å². The zero-order valence-corrected chi connectivity index (χ0v) is 20.4. The van der Waals surface area contributed by atoms with E-state index < -0.39 is 21.8 Å². The number of hydrogen-bond acceptors (Lipinski definition) is 5. The number of esters is 1. The van der Waals surface area contributed by atoms with E-state index in [9.17, 15) is 9.59 Å². The highest BCUT2D eigenvalue weighted by Gasteiger charge is 2.34. The standard InChI is InChI=1S/C21H22Cl3N3O4S/c1-3-31-18(29)15-6-4-5-7-16(15)25-20(32)27-19(21(22,23)24)26-17(28)12-13-8-10-14(30-2)11-9-13/h4-11,19H,3,12H2,1-2H3,(H,26,28)(H2,25,27,32). The molecule has 1 unspecified atom stereocenters. The number of amides is 1. The molecule has 0 spiro atoms. The zero-order chi connectivity index (χ0) is 23.7. The van der Waals surface area contributed by atoms with Gasteiger partial charge in [-0.3, -0.25) is 4.79 Å². The number of nitrogens with one attached hydrogen (secondary N) is 3. The molecule has 0 saturated carbocycles. The van der Waals surface area contributed by atoms with Crippen LogP contribution < -0.4 is 20.7 Å². The molecule has 0 aliphatic heterocycles. The maximum atomic E-state index is 12.5. The monoisotopic (exact) mass is 517 g/mol. The summed E-state index contributed by atoms with van der Waals surface area (Å²) in [6, 6.07) is 13.6. The molecule has 2 aromatic carbocycles. The average Bonchev–Trinajstić information content (AvgIpc) is 2.73. The van der Waals surface area contributed by atoms with Crippen LogP contribution in [0.4, 0.5) is 5.69 Å². The van der Waals surface area contributed by atoms with Crippen LogP contribution in [0, 0.1) is 0 Å². The molecule has 2 rings (SSSR count). The lowest BCUT2D eigenvalue weighted by molar-refractivity contribution is -0.121. The van der Waals surface area contributed by atoms with E-state index in [-0.39, 0.29) is 23.7 Å². The molecule has 0 radical (unpaired) electrons. The molecule has 0 aliphatic rings. The minimum absolute atomic E-state index is 0.0304. The molecular weight excluding hydrogens is 497 g/mol. The maximum Gasteiger partial charge on any atom is 0.340 e. The Balaban J connectivity index is 2.05. The summed E-state index contributed by atoms with van der Waals surface area (Å²) in [4.78, 5) is 24.6. The summed E-state index contributed by atoms with van der Waals surface area (Å²) in [6.07, 6.45) is -1.09. The molecule has 0 bridgehead atoms. The summed E-state index contributed by atoms with van der Waals surface area (Å²) in [5.41, 5.74) is 1.43. The summed E-state index contributed by atoms with van der Waals surface area (Å²) in [5.74, 6) is -0.229. The van der Waals surface area contributed by atoms with E-state index in [4.69, 9.17) is 56.5 Å². The first-order chi connectivity index (χ1) is 15.1. The van der Waals surface area contributed by atoms with Crippen LogP contribution in [0.3, 0.4) is 0 Å². The molecule has 1 atom stereocenters. The summed E-state index contributed by atoms with van der Waals surface area (Å²) in [7, 11) is 1.56. The average molecular weight is 519 g/mol. The first-order valence-electron chi connectivity index (χ1n) is 9.46. The van der Waals surface area contributed by atoms with Crippen molar-refractivity contribution in [2.45, 2.75) is 23.3 Å². The molecule has 3 N–H and O–H groups in total. The van der Waals surface area contributed by atoms with E-state index in [0.717, 1.165) is 5.56 Å². The van der Waals surface area contributed by atoms with Gasteiger partial charge < -0.3 is 25.4 Å². The quantitative estimate of drug-likeness (QED) is 0.209. The molecule has 0 aliphatic carbocycles. The molecule has 0 heterocycles. The van der Waals surface area contributed by atoms with Crippen LogP contribution in [-0.2, 0) is 16.0 Å². The second kappa shape index (κ2) is 12.1. The minimum atomic E-state index is -1.91. The van der Waals surface area contributed by atoms with Gasteiger partial charge in [-0.1, -0.05) is 59.1 Å². The smallest absolute Gasteiger partial charge is 0.340 e. The number of methoxy groups -OCH3 is 1. The number of benzene rings is 2. The lowest BCUT2D eigenvalue weighted by atomic mass is 10.1. The number of hydrogen-bond donors (Lipinski definition) is 3. The lowest BCUT2D eigenvalue weighted by Crippen LogP contribution is -2.56. The lowest BCUT2D eigenvalue weighted by Gasteiger charge is -2.28. The Labute approximate surface area is 206 Å². The zero-order valence-electron chi connectivity index (χ0n) is 17.3. The Morgan fingerprint density at radius 3 is 2.31 bits per heavy atom. The summed E-state index contributed by atoms with van der Waals surface area (Å²) < 4.78 is 8.22. The van der Waals surface area contributed by atoms with E-state index in [2.05, 4.69) is 16.0 Å². The van der Waals surface area contributed by atoms with Crippen molar-refractivity contribution in [2.24, 2.45) is 0 Å². The molecule has 0 saturated heterocycles. The van der Waals surface area contributed by atoms with Gasteiger partial charge in [-0.25, -0.2) is 4.79 Å². The number of anilines is 1. The summed E-state index contributed by atoms with van der Waals surface area (Å²) >= 11 is 23.4. The Kier molecular flexibility index (Phi) is 9.84. The van der Waals surface area contributed by atoms with Crippen molar-refractivity contribution in [3.05, 3.63) is 59.7 Å². The van der Waals surface area contributed by atoms with E-state index in [1.165, 1.54) is 0 Å². The number of rotatable bonds is 8. The number of thiocarbonyl (C=S) groups is 1. The molecule has 172 valence electrons. The molecule has 0 aromatic heterocycles. The largest absolute Gasteiger partial charge is 0.497 e. The Bertz CT molecular complexity index is 952. The molecule has 2 aromatic rings. The Morgan fingerprint density at radius 2 is 1.72 bits per heavy atom. The van der Waals surface area contributed by atoms with Gasteiger partial charge in [0.25, 0.3) is 0 Å². The van der Waals surface area contributed by atoms with E-state index >= 15 is 0 Å². The van der Waals surface area contributed by atoms with Crippen molar-refractivity contribution >= 4 is 69.7 Å². The van der Waals surface area contributed by atoms with Crippen molar-refractivity contribution < 1.29 is 19.1 Å². The van der Waals surface area contributed by atoms with Gasteiger partial charge in [0.1, 0.15) is 11.9 Å². The van der Waals surface area contributed by atoms with Crippen molar-refractivity contribution in [3.63, 3.8) is 0 Å². The number of alkyl halides is 3. The van der Waals surface area contributed by atoms with Crippen LogP contribution in [-0.4, -0.2) is 40.7 Å². The van der Waals surface area contributed by atoms with Gasteiger partial charge in [-0.2, -0.15) is 0 Å².